The van der Waals surface area contributed by atoms with Crippen molar-refractivity contribution >= 4 is 7.12 Å². The molecule has 2 nitrogen and oxygen atoms in total. The van der Waals surface area contributed by atoms with Crippen LogP contribution in [-0.2, 0) is 9.31 Å². The summed E-state index contributed by atoms with van der Waals surface area (Å²) in [5.74, 6) is 0.590. The molecule has 0 aromatic heterocycles. The lowest BCUT2D eigenvalue weighted by molar-refractivity contribution is 0.00578. The Morgan fingerprint density at radius 1 is 0.895 bits per heavy atom. The van der Waals surface area contributed by atoms with Crippen LogP contribution in [0.25, 0.3) is 0 Å². The van der Waals surface area contributed by atoms with Crippen molar-refractivity contribution in [1.82, 2.24) is 0 Å². The van der Waals surface area contributed by atoms with Gasteiger partial charge in [-0.3, -0.25) is 0 Å². The Kier molecular flexibility index (Phi) is 4.10. The molecule has 0 aromatic carbocycles. The predicted molar refractivity (Wildman–Crippen MR) is 81.3 cm³/mol. The Morgan fingerprint density at radius 3 is 1.68 bits per heavy atom. The third kappa shape index (κ3) is 2.74. The zero-order valence-corrected chi connectivity index (χ0v) is 13.7. The minimum atomic E-state index is -0.179. The maximum absolute atomic E-state index is 6.22. The van der Waals surface area contributed by atoms with E-state index in [-0.39, 0.29) is 18.3 Å². The van der Waals surface area contributed by atoms with Crippen LogP contribution >= 0.6 is 0 Å². The van der Waals surface area contributed by atoms with E-state index in [2.05, 4.69) is 41.5 Å². The van der Waals surface area contributed by atoms with E-state index < -0.39 is 0 Å². The highest BCUT2D eigenvalue weighted by molar-refractivity contribution is 6.47. The van der Waals surface area contributed by atoms with Crippen LogP contribution in [-0.4, -0.2) is 18.3 Å². The summed E-state index contributed by atoms with van der Waals surface area (Å²) in [4.78, 5) is 0. The molecule has 0 atom stereocenters. The summed E-state index contributed by atoms with van der Waals surface area (Å²) in [6, 6.07) is 0. The molecule has 2 fully saturated rings. The van der Waals surface area contributed by atoms with E-state index >= 15 is 0 Å². The van der Waals surface area contributed by atoms with E-state index in [0.717, 1.165) is 0 Å². The molecule has 1 aliphatic heterocycles. The Morgan fingerprint density at radius 2 is 1.32 bits per heavy atom. The predicted octanol–water partition coefficient (Wildman–Crippen LogP) is 4.83. The van der Waals surface area contributed by atoms with Crippen molar-refractivity contribution in [2.24, 2.45) is 5.41 Å². The maximum Gasteiger partial charge on any atom is 0.461 e. The topological polar surface area (TPSA) is 18.5 Å². The van der Waals surface area contributed by atoms with E-state index in [1.54, 1.807) is 0 Å². The van der Waals surface area contributed by atoms with Gasteiger partial charge in [0, 0.05) is 0 Å². The Labute approximate surface area is 119 Å². The molecule has 0 aromatic rings. The van der Waals surface area contributed by atoms with Crippen molar-refractivity contribution in [3.05, 3.63) is 0 Å². The van der Waals surface area contributed by atoms with Crippen LogP contribution < -0.4 is 0 Å². The van der Waals surface area contributed by atoms with Crippen LogP contribution in [0.1, 0.15) is 80.1 Å². The lowest BCUT2D eigenvalue weighted by Gasteiger charge is -2.39. The van der Waals surface area contributed by atoms with Gasteiger partial charge in [-0.2, -0.15) is 0 Å². The van der Waals surface area contributed by atoms with Gasteiger partial charge in [-0.25, -0.2) is 0 Å². The van der Waals surface area contributed by atoms with Gasteiger partial charge in [0.25, 0.3) is 0 Å². The molecule has 1 saturated carbocycles. The molecule has 0 amide bonds. The first-order chi connectivity index (χ1) is 8.75. The quantitative estimate of drug-likeness (QED) is 0.681. The summed E-state index contributed by atoms with van der Waals surface area (Å²) >= 11 is 0. The third-order valence-electron chi connectivity index (χ3n) is 6.25. The van der Waals surface area contributed by atoms with Crippen LogP contribution in [0.2, 0.25) is 5.82 Å². The van der Waals surface area contributed by atoms with Gasteiger partial charge in [-0.05, 0) is 51.8 Å². The highest BCUT2D eigenvalue weighted by Gasteiger charge is 2.54. The van der Waals surface area contributed by atoms with Gasteiger partial charge in [0.1, 0.15) is 0 Å². The average molecular weight is 266 g/mol. The summed E-state index contributed by atoms with van der Waals surface area (Å²) in [6.45, 7) is 13.3. The summed E-state index contributed by atoms with van der Waals surface area (Å²) in [5, 5.41) is 0. The molecular formula is C16H31BO2. The van der Waals surface area contributed by atoms with E-state index in [1.807, 2.05) is 0 Å². The van der Waals surface area contributed by atoms with Gasteiger partial charge in [0.05, 0.1) is 11.2 Å². The Hall–Kier alpha value is -0.0151. The van der Waals surface area contributed by atoms with Crippen LogP contribution in [0.3, 0.4) is 0 Å². The van der Waals surface area contributed by atoms with Gasteiger partial charge >= 0.3 is 7.12 Å². The van der Waals surface area contributed by atoms with E-state index in [1.165, 1.54) is 38.5 Å². The Bertz CT molecular complexity index is 295. The molecule has 1 aliphatic carbocycles. The van der Waals surface area contributed by atoms with Crippen LogP contribution in [0.5, 0.6) is 0 Å². The van der Waals surface area contributed by atoms with Crippen molar-refractivity contribution < 1.29 is 9.31 Å². The molecular weight excluding hydrogens is 235 g/mol. The first-order valence-electron chi connectivity index (χ1n) is 8.11. The zero-order valence-electron chi connectivity index (χ0n) is 13.7. The number of hydrogen-bond donors (Lipinski definition) is 0. The lowest BCUT2D eigenvalue weighted by Crippen LogP contribution is -2.41. The molecule has 0 radical (unpaired) electrons. The first kappa shape index (κ1) is 15.4. The summed E-state index contributed by atoms with van der Waals surface area (Å²) in [7, 11) is 0.0108. The van der Waals surface area contributed by atoms with E-state index in [9.17, 15) is 0 Å². The average Bonchev–Trinajstić information content (AvgIpc) is 2.58. The molecule has 1 saturated heterocycles. The molecule has 0 bridgehead atoms. The zero-order chi connectivity index (χ0) is 14.3. The number of rotatable bonds is 3. The highest BCUT2D eigenvalue weighted by atomic mass is 16.7. The second-order valence-corrected chi connectivity index (χ2v) is 7.67. The standard InChI is InChI=1S/C16H31BO2/c1-7-16(8-2)11-9-13(10-12-16)17-18-14(3,4)15(5,6)19-17/h13H,7-12H2,1-6H3. The molecule has 0 N–H and O–H groups in total. The second kappa shape index (κ2) is 5.07. The lowest BCUT2D eigenvalue weighted by atomic mass is 9.57. The van der Waals surface area contributed by atoms with Crippen molar-refractivity contribution in [2.45, 2.75) is 97.1 Å². The molecule has 0 unspecified atom stereocenters. The highest BCUT2D eigenvalue weighted by Crippen LogP contribution is 2.50. The fourth-order valence-corrected chi connectivity index (χ4v) is 3.56. The fraction of sp³-hybridized carbons (Fsp3) is 1.00. The maximum atomic E-state index is 6.22. The van der Waals surface area contributed by atoms with Gasteiger partial charge in [-0.15, -0.1) is 0 Å². The number of hydrogen-bond acceptors (Lipinski definition) is 2. The van der Waals surface area contributed by atoms with Gasteiger partial charge in [0.2, 0.25) is 0 Å². The van der Waals surface area contributed by atoms with Gasteiger partial charge in [-0.1, -0.05) is 39.5 Å². The van der Waals surface area contributed by atoms with Gasteiger partial charge in [0.15, 0.2) is 0 Å². The SMILES string of the molecule is CCC1(CC)CCC(B2OC(C)(C)C(C)(C)O2)CC1. The van der Waals surface area contributed by atoms with Gasteiger partial charge < -0.3 is 9.31 Å². The second-order valence-electron chi connectivity index (χ2n) is 7.67. The first-order valence-corrected chi connectivity index (χ1v) is 8.11. The van der Waals surface area contributed by atoms with Crippen molar-refractivity contribution in [3.8, 4) is 0 Å². The van der Waals surface area contributed by atoms with Crippen LogP contribution in [0.4, 0.5) is 0 Å². The molecule has 110 valence electrons. The monoisotopic (exact) mass is 266 g/mol. The minimum Gasteiger partial charge on any atom is -0.403 e. The normalized spacial score (nSPS) is 29.7. The molecule has 1 heterocycles. The van der Waals surface area contributed by atoms with Crippen LogP contribution in [0, 0.1) is 5.41 Å². The minimum absolute atomic E-state index is 0.0108. The molecule has 0 spiro atoms. The van der Waals surface area contributed by atoms with Crippen LogP contribution in [0.15, 0.2) is 0 Å². The summed E-state index contributed by atoms with van der Waals surface area (Å²) < 4.78 is 12.4. The third-order valence-corrected chi connectivity index (χ3v) is 6.25. The van der Waals surface area contributed by atoms with E-state index in [0.29, 0.717) is 11.2 Å². The summed E-state index contributed by atoms with van der Waals surface area (Å²) in [6.07, 6.45) is 7.85. The summed E-state index contributed by atoms with van der Waals surface area (Å²) in [5.41, 5.74) is 0.240. The molecule has 19 heavy (non-hydrogen) atoms. The molecule has 2 aliphatic rings. The smallest absolute Gasteiger partial charge is 0.403 e. The molecule has 2 rings (SSSR count). The fourth-order valence-electron chi connectivity index (χ4n) is 3.56. The van der Waals surface area contributed by atoms with Crippen molar-refractivity contribution in [1.29, 1.82) is 0 Å². The molecule has 3 heteroatoms. The van der Waals surface area contributed by atoms with Crippen molar-refractivity contribution in [3.63, 3.8) is 0 Å². The van der Waals surface area contributed by atoms with Crippen molar-refractivity contribution in [2.75, 3.05) is 0 Å². The Balaban J connectivity index is 1.97. The van der Waals surface area contributed by atoms with E-state index in [4.69, 9.17) is 9.31 Å². The largest absolute Gasteiger partial charge is 0.461 e.